The molecule has 1 amide bonds. The topological polar surface area (TPSA) is 57.2 Å². The molecular weight excluding hydrogens is 470 g/mol. The highest BCUT2D eigenvalue weighted by Crippen LogP contribution is 2.38. The molecule has 0 radical (unpaired) electrons. The maximum atomic E-state index is 12.2. The Balaban J connectivity index is 1.49. The molecule has 2 aromatic rings. The normalized spacial score (nSPS) is 14.9. The molecule has 1 aliphatic heterocycles. The minimum atomic E-state index is -0.140. The first kappa shape index (κ1) is 24.4. The third-order valence-corrected chi connectivity index (χ3v) is 6.29. The minimum absolute atomic E-state index is 0.140. The Morgan fingerprint density at radius 3 is 2.41 bits per heavy atom. The van der Waals surface area contributed by atoms with Crippen molar-refractivity contribution < 1.29 is 23.7 Å². The molecule has 170 valence electrons. The molecule has 32 heavy (non-hydrogen) atoms. The van der Waals surface area contributed by atoms with Crippen LogP contribution in [0.4, 0.5) is 0 Å². The summed E-state index contributed by atoms with van der Waals surface area (Å²) < 4.78 is 22.9. The maximum absolute atomic E-state index is 12.2. The van der Waals surface area contributed by atoms with E-state index in [2.05, 4.69) is 0 Å². The molecule has 0 N–H and O–H groups in total. The van der Waals surface area contributed by atoms with Crippen molar-refractivity contribution in [3.8, 4) is 17.2 Å². The average molecular weight is 494 g/mol. The summed E-state index contributed by atoms with van der Waals surface area (Å²) in [6.07, 6.45) is 1.73. The fourth-order valence-corrected chi connectivity index (χ4v) is 4.27. The van der Waals surface area contributed by atoms with Crippen LogP contribution in [0.3, 0.4) is 0 Å². The van der Waals surface area contributed by atoms with Crippen LogP contribution in [0.1, 0.15) is 11.1 Å². The maximum Gasteiger partial charge on any atom is 0.265 e. The highest BCUT2D eigenvalue weighted by atomic mass is 35.5. The lowest BCUT2D eigenvalue weighted by atomic mass is 10.2. The van der Waals surface area contributed by atoms with Gasteiger partial charge in [0.05, 0.1) is 30.3 Å². The molecule has 9 heteroatoms. The molecule has 1 fully saturated rings. The van der Waals surface area contributed by atoms with Crippen molar-refractivity contribution in [1.29, 1.82) is 0 Å². The van der Waals surface area contributed by atoms with E-state index in [1.807, 2.05) is 31.2 Å². The number of methoxy groups -OCH3 is 1. The van der Waals surface area contributed by atoms with Crippen LogP contribution in [-0.2, 0) is 9.53 Å². The van der Waals surface area contributed by atoms with Gasteiger partial charge in [0.2, 0.25) is 0 Å². The molecule has 0 unspecified atom stereocenters. The summed E-state index contributed by atoms with van der Waals surface area (Å²) in [6.45, 7) is 3.59. The van der Waals surface area contributed by atoms with Gasteiger partial charge in [-0.25, -0.2) is 0 Å². The van der Waals surface area contributed by atoms with Gasteiger partial charge in [0, 0.05) is 7.05 Å². The largest absolute Gasteiger partial charge is 0.493 e. The Kier molecular flexibility index (Phi) is 8.81. The van der Waals surface area contributed by atoms with Gasteiger partial charge < -0.3 is 18.9 Å². The Morgan fingerprint density at radius 2 is 1.78 bits per heavy atom. The highest BCUT2D eigenvalue weighted by Gasteiger charge is 2.28. The van der Waals surface area contributed by atoms with E-state index in [9.17, 15) is 4.79 Å². The van der Waals surface area contributed by atoms with E-state index >= 15 is 0 Å². The third kappa shape index (κ3) is 6.38. The number of hydrogen-bond acceptors (Lipinski definition) is 7. The van der Waals surface area contributed by atoms with Crippen LogP contribution in [0.15, 0.2) is 41.3 Å². The molecular formula is C23H24ClNO5S2. The van der Waals surface area contributed by atoms with E-state index in [1.54, 1.807) is 25.3 Å². The van der Waals surface area contributed by atoms with E-state index in [0.717, 1.165) is 11.3 Å². The van der Waals surface area contributed by atoms with E-state index in [4.69, 9.17) is 42.8 Å². The molecule has 1 saturated heterocycles. The Labute approximate surface area is 202 Å². The van der Waals surface area contributed by atoms with Gasteiger partial charge in [0.25, 0.3) is 5.91 Å². The van der Waals surface area contributed by atoms with Gasteiger partial charge >= 0.3 is 0 Å². The monoisotopic (exact) mass is 493 g/mol. The van der Waals surface area contributed by atoms with E-state index in [0.29, 0.717) is 52.2 Å². The second-order valence-corrected chi connectivity index (χ2v) is 8.98. The van der Waals surface area contributed by atoms with Crippen molar-refractivity contribution in [2.45, 2.75) is 6.92 Å². The predicted octanol–water partition coefficient (Wildman–Crippen LogP) is 4.96. The van der Waals surface area contributed by atoms with E-state index in [-0.39, 0.29) is 5.91 Å². The van der Waals surface area contributed by atoms with Gasteiger partial charge in [-0.05, 0) is 42.8 Å². The van der Waals surface area contributed by atoms with Crippen molar-refractivity contribution in [3.63, 3.8) is 0 Å². The van der Waals surface area contributed by atoms with Gasteiger partial charge in [-0.1, -0.05) is 53.3 Å². The number of rotatable bonds is 10. The first-order valence-electron chi connectivity index (χ1n) is 9.88. The molecule has 0 aromatic heterocycles. The number of thiocarbonyl (C=S) groups is 1. The number of benzene rings is 2. The number of halogens is 1. The first-order valence-corrected chi connectivity index (χ1v) is 11.5. The summed E-state index contributed by atoms with van der Waals surface area (Å²) in [4.78, 5) is 14.2. The number of aryl methyl sites for hydroxylation is 1. The smallest absolute Gasteiger partial charge is 0.265 e. The number of carbonyl (C=O) groups is 1. The summed E-state index contributed by atoms with van der Waals surface area (Å²) >= 11 is 12.8. The Morgan fingerprint density at radius 1 is 1.09 bits per heavy atom. The zero-order chi connectivity index (χ0) is 23.1. The van der Waals surface area contributed by atoms with Crippen molar-refractivity contribution in [3.05, 3.63) is 57.5 Å². The zero-order valence-electron chi connectivity index (χ0n) is 18.1. The molecule has 0 bridgehead atoms. The van der Waals surface area contributed by atoms with Crippen molar-refractivity contribution in [2.24, 2.45) is 0 Å². The quantitative estimate of drug-likeness (QED) is 0.263. The average Bonchev–Trinajstić information content (AvgIpc) is 3.01. The van der Waals surface area contributed by atoms with Crippen LogP contribution in [0, 0.1) is 6.92 Å². The lowest BCUT2D eigenvalue weighted by Crippen LogP contribution is -2.22. The standard InChI is InChI=1S/C23H24ClNO5S2/c1-15-4-6-17(7-5-15)29-10-8-28-9-11-30-21-18(24)12-16(13-19(21)27-3)14-20-22(26)25(2)23(31)32-20/h4-7,12-14H,8-11H2,1-3H3. The molecule has 1 aliphatic rings. The van der Waals surface area contributed by atoms with Crippen LogP contribution in [0.2, 0.25) is 5.02 Å². The van der Waals surface area contributed by atoms with Gasteiger partial charge in [-0.2, -0.15) is 0 Å². The SMILES string of the molecule is COc1cc(C=C2SC(=S)N(C)C2=O)cc(Cl)c1OCCOCCOc1ccc(C)cc1. The summed E-state index contributed by atoms with van der Waals surface area (Å²) in [5.41, 5.74) is 1.91. The molecule has 0 aliphatic carbocycles. The fraction of sp³-hybridized carbons (Fsp3) is 0.304. The number of likely N-dealkylation sites (N-methyl/N-ethyl adjacent to an activating group) is 1. The van der Waals surface area contributed by atoms with Gasteiger partial charge in [0.1, 0.15) is 23.3 Å². The van der Waals surface area contributed by atoms with E-state index < -0.39 is 0 Å². The Bertz CT molecular complexity index is 1010. The third-order valence-electron chi connectivity index (χ3n) is 4.53. The lowest BCUT2D eigenvalue weighted by Gasteiger charge is -2.14. The van der Waals surface area contributed by atoms with Crippen molar-refractivity contribution in [2.75, 3.05) is 40.6 Å². The molecule has 3 rings (SSSR count). The molecule has 0 saturated carbocycles. The van der Waals surface area contributed by atoms with Crippen LogP contribution in [-0.4, -0.2) is 55.7 Å². The number of ether oxygens (including phenoxy) is 4. The van der Waals surface area contributed by atoms with Crippen LogP contribution in [0.5, 0.6) is 17.2 Å². The molecule has 1 heterocycles. The van der Waals surface area contributed by atoms with Crippen molar-refractivity contribution >= 4 is 51.9 Å². The second-order valence-electron chi connectivity index (χ2n) is 6.90. The zero-order valence-corrected chi connectivity index (χ0v) is 20.4. The van der Waals surface area contributed by atoms with Crippen LogP contribution < -0.4 is 14.2 Å². The molecule has 0 atom stereocenters. The van der Waals surface area contributed by atoms with Crippen LogP contribution in [0.25, 0.3) is 6.08 Å². The minimum Gasteiger partial charge on any atom is -0.493 e. The van der Waals surface area contributed by atoms with Gasteiger partial charge in [0.15, 0.2) is 11.5 Å². The van der Waals surface area contributed by atoms with E-state index in [1.165, 1.54) is 29.3 Å². The van der Waals surface area contributed by atoms with Gasteiger partial charge in [-0.3, -0.25) is 9.69 Å². The first-order chi connectivity index (χ1) is 15.4. The molecule has 0 spiro atoms. The number of hydrogen-bond donors (Lipinski definition) is 0. The van der Waals surface area contributed by atoms with Gasteiger partial charge in [-0.15, -0.1) is 0 Å². The molecule has 6 nitrogen and oxygen atoms in total. The second kappa shape index (κ2) is 11.6. The summed E-state index contributed by atoms with van der Waals surface area (Å²) in [6, 6.07) is 11.3. The van der Waals surface area contributed by atoms with Crippen LogP contribution >= 0.6 is 35.6 Å². The summed E-state index contributed by atoms with van der Waals surface area (Å²) in [5.74, 6) is 1.57. The summed E-state index contributed by atoms with van der Waals surface area (Å²) in [5, 5.41) is 0.380. The van der Waals surface area contributed by atoms with Crippen molar-refractivity contribution in [1.82, 2.24) is 4.90 Å². The number of carbonyl (C=O) groups excluding carboxylic acids is 1. The lowest BCUT2D eigenvalue weighted by molar-refractivity contribution is -0.121. The predicted molar refractivity (Wildman–Crippen MR) is 132 cm³/mol. The highest BCUT2D eigenvalue weighted by molar-refractivity contribution is 8.26. The number of thioether (sulfide) groups is 1. The number of amides is 1. The Hall–Kier alpha value is -2.26. The number of nitrogens with zero attached hydrogens (tertiary/aromatic N) is 1. The molecule has 2 aromatic carbocycles. The fourth-order valence-electron chi connectivity index (χ4n) is 2.82. The summed E-state index contributed by atoms with van der Waals surface area (Å²) in [7, 11) is 3.19.